The van der Waals surface area contributed by atoms with Crippen LogP contribution in [0, 0.1) is 5.92 Å². The first-order valence-electron chi connectivity index (χ1n) is 15.3. The second kappa shape index (κ2) is 13.7. The number of H-pyrrole nitrogens is 2. The molecule has 2 fully saturated rings. The first-order valence-corrected chi connectivity index (χ1v) is 15.3. The third kappa shape index (κ3) is 6.68. The molecule has 5 heterocycles. The average Bonchev–Trinajstić information content (AvgIpc) is 3.63. The van der Waals surface area contributed by atoms with Gasteiger partial charge in [0.25, 0.3) is 0 Å². The van der Waals surface area contributed by atoms with Crippen LogP contribution in [0.5, 0.6) is 0 Å². The van der Waals surface area contributed by atoms with Gasteiger partial charge in [-0.1, -0.05) is 31.9 Å². The van der Waals surface area contributed by atoms with E-state index in [4.69, 9.17) is 10.1 Å². The fraction of sp³-hybridized carbons (Fsp3) is 0.371. The lowest BCUT2D eigenvalue weighted by Crippen LogP contribution is -2.30. The fourth-order valence-corrected chi connectivity index (χ4v) is 6.08. The first-order chi connectivity index (χ1) is 20.5. The Labute approximate surface area is 249 Å². The molecule has 5 rings (SSSR count). The van der Waals surface area contributed by atoms with Crippen molar-refractivity contribution in [3.05, 3.63) is 89.4 Å². The second-order valence-electron chi connectivity index (χ2n) is 11.4. The zero-order valence-electron chi connectivity index (χ0n) is 25.2. The highest BCUT2D eigenvalue weighted by Crippen LogP contribution is 2.30. The van der Waals surface area contributed by atoms with Crippen molar-refractivity contribution in [1.29, 1.82) is 0 Å². The molecule has 0 atom stereocenters. The summed E-state index contributed by atoms with van der Waals surface area (Å²) >= 11 is 0. The van der Waals surface area contributed by atoms with Gasteiger partial charge in [-0.05, 0) is 113 Å². The minimum Gasteiger partial charge on any atom is -0.359 e. The first kappa shape index (κ1) is 29.4. The standard InChI is InChI=1S/C35H45N7/c1-6-27(22-28(7-2)38-25(5)21-26-12-15-36-16-13-26)24(4)20-29-31(8-3)40-41-34(29)33-23-30-32(39-33)14-17-37-35(30)42-18-10-9-11-19-42/h6-8,14,17,20,22-23,26,36,38-40H,2,4-5,9-13,15-16,18-19,21H2,1,3H3/b27-6+,28-22+,29-20+,31-8+. The zero-order chi connectivity index (χ0) is 29.5. The molecule has 3 aromatic rings. The number of fused-ring (bicyclic) bond motifs is 1. The van der Waals surface area contributed by atoms with Crippen LogP contribution < -0.4 is 26.1 Å². The highest BCUT2D eigenvalue weighted by atomic mass is 15.2. The summed E-state index contributed by atoms with van der Waals surface area (Å²) in [6.45, 7) is 21.1. The summed E-state index contributed by atoms with van der Waals surface area (Å²) in [5.41, 5.74) is 6.73. The van der Waals surface area contributed by atoms with Gasteiger partial charge in [-0.2, -0.15) is 5.10 Å². The third-order valence-electron chi connectivity index (χ3n) is 8.41. The molecule has 0 bridgehead atoms. The summed E-state index contributed by atoms with van der Waals surface area (Å²) in [5, 5.41) is 18.0. The van der Waals surface area contributed by atoms with Gasteiger partial charge in [0, 0.05) is 41.3 Å². The van der Waals surface area contributed by atoms with Crippen LogP contribution in [0.1, 0.15) is 52.4 Å². The number of aromatic nitrogens is 4. The molecular weight excluding hydrogens is 518 g/mol. The van der Waals surface area contributed by atoms with E-state index in [1.54, 1.807) is 0 Å². The van der Waals surface area contributed by atoms with E-state index in [1.165, 1.54) is 32.1 Å². The van der Waals surface area contributed by atoms with Gasteiger partial charge in [0.05, 0.1) is 16.6 Å². The Bertz CT molecular complexity index is 1620. The molecule has 0 radical (unpaired) electrons. The lowest BCUT2D eigenvalue weighted by atomic mass is 9.93. The van der Waals surface area contributed by atoms with E-state index in [9.17, 15) is 0 Å². The Morgan fingerprint density at radius 2 is 1.93 bits per heavy atom. The number of pyridine rings is 1. The summed E-state index contributed by atoms with van der Waals surface area (Å²) in [7, 11) is 0. The van der Waals surface area contributed by atoms with Crippen molar-refractivity contribution < 1.29 is 0 Å². The van der Waals surface area contributed by atoms with Crippen molar-refractivity contribution in [2.75, 3.05) is 31.1 Å². The van der Waals surface area contributed by atoms with Gasteiger partial charge < -0.3 is 20.5 Å². The molecule has 0 spiro atoms. The van der Waals surface area contributed by atoms with Crippen molar-refractivity contribution >= 4 is 28.9 Å². The van der Waals surface area contributed by atoms with Gasteiger partial charge in [0.2, 0.25) is 0 Å². The van der Waals surface area contributed by atoms with Crippen molar-refractivity contribution in [2.45, 2.75) is 52.4 Å². The van der Waals surface area contributed by atoms with E-state index in [1.807, 2.05) is 38.3 Å². The van der Waals surface area contributed by atoms with Gasteiger partial charge >= 0.3 is 0 Å². The highest BCUT2D eigenvalue weighted by molar-refractivity contribution is 5.94. The number of hydrogen-bond acceptors (Lipinski definition) is 5. The molecule has 2 saturated heterocycles. The van der Waals surface area contributed by atoms with Gasteiger partial charge in [-0.3, -0.25) is 5.10 Å². The summed E-state index contributed by atoms with van der Waals surface area (Å²) in [6, 6.07) is 4.23. The minimum absolute atomic E-state index is 0.668. The van der Waals surface area contributed by atoms with Crippen LogP contribution in [0.3, 0.4) is 0 Å². The van der Waals surface area contributed by atoms with Crippen molar-refractivity contribution in [1.82, 2.24) is 30.8 Å². The quantitative estimate of drug-likeness (QED) is 0.242. The molecule has 3 aromatic heterocycles. The van der Waals surface area contributed by atoms with E-state index >= 15 is 0 Å². The Kier molecular flexibility index (Phi) is 9.59. The molecule has 2 aliphatic heterocycles. The number of allylic oxidation sites excluding steroid dienone is 6. The monoisotopic (exact) mass is 563 g/mol. The lowest BCUT2D eigenvalue weighted by molar-refractivity contribution is 0.368. The maximum absolute atomic E-state index is 4.77. The SMILES string of the molecule is C=C/C(=C\C(=C/C)C(=C)/C=c1/c(-c2cc3c(N4CCCCC4)nccc3[nH]2)n[nH]/c1=C/C)NC(=C)CC1CCNCC1. The van der Waals surface area contributed by atoms with E-state index in [2.05, 4.69) is 69.6 Å². The van der Waals surface area contributed by atoms with Gasteiger partial charge in [-0.15, -0.1) is 0 Å². The van der Waals surface area contributed by atoms with E-state index in [0.717, 1.165) is 93.8 Å². The number of aromatic amines is 2. The molecule has 0 unspecified atom stereocenters. The van der Waals surface area contributed by atoms with Crippen molar-refractivity contribution in [3.63, 3.8) is 0 Å². The van der Waals surface area contributed by atoms with E-state index in [0.29, 0.717) is 5.92 Å². The molecule has 220 valence electrons. The molecule has 7 heteroatoms. The molecule has 0 aromatic carbocycles. The van der Waals surface area contributed by atoms with Crippen LogP contribution >= 0.6 is 0 Å². The third-order valence-corrected chi connectivity index (χ3v) is 8.41. The Hall–Kier alpha value is -4.10. The van der Waals surface area contributed by atoms with Gasteiger partial charge in [0.15, 0.2) is 0 Å². The van der Waals surface area contributed by atoms with Crippen molar-refractivity contribution in [2.24, 2.45) is 5.92 Å². The Balaban J connectivity index is 1.42. The van der Waals surface area contributed by atoms with E-state index in [-0.39, 0.29) is 0 Å². The van der Waals surface area contributed by atoms with Gasteiger partial charge in [-0.25, -0.2) is 4.98 Å². The van der Waals surface area contributed by atoms with Crippen LogP contribution in [-0.4, -0.2) is 46.3 Å². The summed E-state index contributed by atoms with van der Waals surface area (Å²) in [5.74, 6) is 1.72. The summed E-state index contributed by atoms with van der Waals surface area (Å²) in [4.78, 5) is 10.8. The number of piperidine rings is 2. The molecule has 42 heavy (non-hydrogen) atoms. The number of rotatable bonds is 10. The van der Waals surface area contributed by atoms with E-state index < -0.39 is 0 Å². The van der Waals surface area contributed by atoms with Crippen LogP contribution in [0.4, 0.5) is 5.82 Å². The molecular formula is C35H45N7. The van der Waals surface area contributed by atoms with Crippen LogP contribution in [0.15, 0.2) is 78.8 Å². The average molecular weight is 564 g/mol. The summed E-state index contributed by atoms with van der Waals surface area (Å²) in [6.07, 6.45) is 19.1. The maximum Gasteiger partial charge on any atom is 0.137 e. The largest absolute Gasteiger partial charge is 0.359 e. The smallest absolute Gasteiger partial charge is 0.137 e. The molecule has 0 amide bonds. The molecule has 7 nitrogen and oxygen atoms in total. The molecule has 0 aliphatic carbocycles. The number of nitrogens with one attached hydrogen (secondary N) is 4. The second-order valence-corrected chi connectivity index (χ2v) is 11.4. The normalized spacial score (nSPS) is 18.1. The number of nitrogens with zero attached hydrogens (tertiary/aromatic N) is 3. The zero-order valence-corrected chi connectivity index (χ0v) is 25.2. The van der Waals surface area contributed by atoms with Crippen LogP contribution in [-0.2, 0) is 0 Å². The Morgan fingerprint density at radius 1 is 1.14 bits per heavy atom. The minimum atomic E-state index is 0.668. The highest BCUT2D eigenvalue weighted by Gasteiger charge is 2.18. The van der Waals surface area contributed by atoms with Crippen molar-refractivity contribution in [3.8, 4) is 11.4 Å². The fourth-order valence-electron chi connectivity index (χ4n) is 6.08. The number of anilines is 1. The predicted octanol–water partition coefficient (Wildman–Crippen LogP) is 5.59. The maximum atomic E-state index is 4.77. The molecule has 4 N–H and O–H groups in total. The lowest BCUT2D eigenvalue weighted by Gasteiger charge is -2.28. The van der Waals surface area contributed by atoms with Crippen LogP contribution in [0.2, 0.25) is 0 Å². The summed E-state index contributed by atoms with van der Waals surface area (Å²) < 4.78 is 0. The van der Waals surface area contributed by atoms with Crippen LogP contribution in [0.25, 0.3) is 34.4 Å². The predicted molar refractivity (Wildman–Crippen MR) is 177 cm³/mol. The number of hydrogen-bond donors (Lipinski definition) is 4. The topological polar surface area (TPSA) is 84.7 Å². The molecule has 2 aliphatic rings. The molecule has 0 saturated carbocycles. The van der Waals surface area contributed by atoms with Gasteiger partial charge in [0.1, 0.15) is 11.5 Å². The Morgan fingerprint density at radius 3 is 2.64 bits per heavy atom.